The molecule has 2 aromatic rings. The summed E-state index contributed by atoms with van der Waals surface area (Å²) in [5, 5.41) is 20.1. The fourth-order valence-electron chi connectivity index (χ4n) is 4.27. The summed E-state index contributed by atoms with van der Waals surface area (Å²) in [4.78, 5) is 14.3. The first-order valence-corrected chi connectivity index (χ1v) is 11.0. The zero-order chi connectivity index (χ0) is 21.1. The minimum absolute atomic E-state index is 0. The highest BCUT2D eigenvalue weighted by Crippen LogP contribution is 2.54. The van der Waals surface area contributed by atoms with Gasteiger partial charge in [-0.3, -0.25) is 4.79 Å². The molecule has 2 heterocycles. The molecule has 1 saturated heterocycles. The first-order valence-electron chi connectivity index (χ1n) is 11.0. The van der Waals surface area contributed by atoms with Gasteiger partial charge in [0, 0.05) is 20.4 Å². The first kappa shape index (κ1) is 20.4. The van der Waals surface area contributed by atoms with Gasteiger partial charge in [0.15, 0.2) is 0 Å². The van der Waals surface area contributed by atoms with Crippen LogP contribution >= 0.6 is 0 Å². The maximum Gasteiger partial charge on any atom is 0.315 e. The third kappa shape index (κ3) is 4.33. The van der Waals surface area contributed by atoms with Crippen molar-refractivity contribution in [1.82, 2.24) is 15.1 Å². The molecule has 1 spiro atoms. The van der Waals surface area contributed by atoms with Gasteiger partial charge in [-0.2, -0.15) is 5.26 Å². The summed E-state index contributed by atoms with van der Waals surface area (Å²) >= 11 is 0. The molecular formula is C23H31N5O2. The van der Waals surface area contributed by atoms with Crippen molar-refractivity contribution >= 4 is 11.9 Å². The molecule has 0 bridgehead atoms. The van der Waals surface area contributed by atoms with Gasteiger partial charge < -0.3 is 14.6 Å². The second kappa shape index (κ2) is 8.47. The number of piperidine rings is 1. The van der Waals surface area contributed by atoms with Crippen LogP contribution in [0.4, 0.5) is 6.01 Å². The highest BCUT2D eigenvalue weighted by atomic mass is 16.4. The number of rotatable bonds is 5. The number of benzene rings is 1. The molecule has 0 radical (unpaired) electrons. The van der Waals surface area contributed by atoms with Crippen molar-refractivity contribution in [2.75, 3.05) is 25.0 Å². The van der Waals surface area contributed by atoms with Crippen molar-refractivity contribution in [2.24, 2.45) is 5.41 Å². The quantitative estimate of drug-likeness (QED) is 0.791. The Balaban J connectivity index is 0.000000883. The van der Waals surface area contributed by atoms with Gasteiger partial charge in [-0.15, -0.1) is 5.10 Å². The van der Waals surface area contributed by atoms with Crippen molar-refractivity contribution < 1.29 is 10.6 Å². The monoisotopic (exact) mass is 409 g/mol. The van der Waals surface area contributed by atoms with E-state index in [2.05, 4.69) is 21.6 Å². The second-order valence-corrected chi connectivity index (χ2v) is 8.36. The van der Waals surface area contributed by atoms with Crippen LogP contribution in [0.15, 0.2) is 28.7 Å². The Hall–Kier alpha value is -2.88. The minimum atomic E-state index is 0. The first-order chi connectivity index (χ1) is 14.7. The zero-order valence-corrected chi connectivity index (χ0v) is 17.7. The normalized spacial score (nSPS) is 23.2. The highest BCUT2D eigenvalue weighted by molar-refractivity contribution is 5.80. The van der Waals surface area contributed by atoms with Gasteiger partial charge in [0.25, 0.3) is 0 Å². The molecule has 7 heteroatoms. The molecule has 7 nitrogen and oxygen atoms in total. The van der Waals surface area contributed by atoms with E-state index in [1.807, 2.05) is 43.0 Å². The molecule has 1 N–H and O–H groups in total. The SMILES string of the molecule is CC.N#Cc1ccc([C@@H]2CC2c2nnc(NCC(=O)N3CCC4(CC3)CC4)o2)cc1.[HH]. The lowest BCUT2D eigenvalue weighted by atomic mass is 9.94. The van der Waals surface area contributed by atoms with Crippen molar-refractivity contribution in [3.8, 4) is 6.07 Å². The van der Waals surface area contributed by atoms with Crippen molar-refractivity contribution in [2.45, 2.75) is 57.8 Å². The number of carbonyl (C=O) groups is 1. The molecule has 2 aliphatic carbocycles. The van der Waals surface area contributed by atoms with Crippen LogP contribution in [0.5, 0.6) is 0 Å². The Morgan fingerprint density at radius 2 is 1.90 bits per heavy atom. The molecule has 5 rings (SSSR count). The lowest BCUT2D eigenvalue weighted by Gasteiger charge is -2.32. The number of carbonyl (C=O) groups excluding carboxylic acids is 1. The van der Waals surface area contributed by atoms with Gasteiger partial charge in [-0.25, -0.2) is 0 Å². The van der Waals surface area contributed by atoms with E-state index in [-0.39, 0.29) is 19.8 Å². The predicted molar refractivity (Wildman–Crippen MR) is 115 cm³/mol. The van der Waals surface area contributed by atoms with Gasteiger partial charge in [-0.1, -0.05) is 31.1 Å². The smallest absolute Gasteiger partial charge is 0.315 e. The molecule has 1 unspecified atom stereocenters. The molecule has 3 aliphatic rings. The number of likely N-dealkylation sites (tertiary alicyclic amines) is 1. The standard InChI is InChI=1S/C21H23N5O2.C2H6.H2/c22-12-14-1-3-15(4-2-14)16-11-17(16)19-24-25-20(28-19)23-13-18(27)26-9-7-21(5-6-21)8-10-26;1-2;/h1-4,16-17H,5-11,13H2,(H,23,25);1-2H3;1H/t16-,17?;;/m0../s1. The molecular weight excluding hydrogens is 378 g/mol. The Labute approximate surface area is 179 Å². The maximum absolute atomic E-state index is 12.4. The Kier molecular flexibility index (Phi) is 5.76. The average molecular weight is 410 g/mol. The van der Waals surface area contributed by atoms with Gasteiger partial charge in [0.1, 0.15) is 0 Å². The lowest BCUT2D eigenvalue weighted by Crippen LogP contribution is -2.41. The summed E-state index contributed by atoms with van der Waals surface area (Å²) < 4.78 is 5.73. The number of anilines is 1. The van der Waals surface area contributed by atoms with E-state index in [4.69, 9.17) is 9.68 Å². The topological polar surface area (TPSA) is 95.0 Å². The number of hydrogen-bond acceptors (Lipinski definition) is 6. The van der Waals surface area contributed by atoms with Crippen LogP contribution in [0.25, 0.3) is 0 Å². The fraction of sp³-hybridized carbons (Fsp3) is 0.565. The van der Waals surface area contributed by atoms with Crippen LogP contribution in [0.2, 0.25) is 0 Å². The minimum Gasteiger partial charge on any atom is -0.408 e. The fourth-order valence-corrected chi connectivity index (χ4v) is 4.27. The van der Waals surface area contributed by atoms with Crippen molar-refractivity contribution in [3.63, 3.8) is 0 Å². The van der Waals surface area contributed by atoms with E-state index >= 15 is 0 Å². The van der Waals surface area contributed by atoms with Crippen LogP contribution in [0.1, 0.15) is 76.2 Å². The van der Waals surface area contributed by atoms with Gasteiger partial charge in [0.2, 0.25) is 11.8 Å². The largest absolute Gasteiger partial charge is 0.408 e. The summed E-state index contributed by atoms with van der Waals surface area (Å²) in [6.45, 7) is 5.92. The van der Waals surface area contributed by atoms with Crippen molar-refractivity contribution in [3.05, 3.63) is 41.3 Å². The molecule has 1 amide bonds. The number of amides is 1. The third-order valence-electron chi connectivity index (χ3n) is 6.54. The number of hydrogen-bond donors (Lipinski definition) is 1. The highest BCUT2D eigenvalue weighted by Gasteiger charge is 2.45. The molecule has 1 aliphatic heterocycles. The number of nitriles is 1. The zero-order valence-electron chi connectivity index (χ0n) is 17.7. The second-order valence-electron chi connectivity index (χ2n) is 8.36. The van der Waals surface area contributed by atoms with E-state index in [1.54, 1.807) is 0 Å². The van der Waals surface area contributed by atoms with Crippen molar-refractivity contribution in [1.29, 1.82) is 5.26 Å². The molecule has 3 fully saturated rings. The molecule has 1 aromatic carbocycles. The Morgan fingerprint density at radius 3 is 2.53 bits per heavy atom. The number of aromatic nitrogens is 2. The van der Waals surface area contributed by atoms with E-state index in [1.165, 1.54) is 18.4 Å². The van der Waals surface area contributed by atoms with E-state index < -0.39 is 0 Å². The summed E-state index contributed by atoms with van der Waals surface area (Å²) in [5.74, 6) is 1.27. The summed E-state index contributed by atoms with van der Waals surface area (Å²) in [7, 11) is 0. The van der Waals surface area contributed by atoms with E-state index in [0.717, 1.165) is 32.4 Å². The van der Waals surface area contributed by atoms with Gasteiger partial charge in [-0.05, 0) is 61.1 Å². The third-order valence-corrected chi connectivity index (χ3v) is 6.54. The summed E-state index contributed by atoms with van der Waals surface area (Å²) in [6.07, 6.45) is 5.91. The van der Waals surface area contributed by atoms with Gasteiger partial charge >= 0.3 is 6.01 Å². The maximum atomic E-state index is 12.4. The summed E-state index contributed by atoms with van der Waals surface area (Å²) in [5.41, 5.74) is 2.42. The van der Waals surface area contributed by atoms with E-state index in [9.17, 15) is 4.79 Å². The molecule has 160 valence electrons. The van der Waals surface area contributed by atoms with Crippen LogP contribution in [0, 0.1) is 16.7 Å². The van der Waals surface area contributed by atoms with Crippen LogP contribution in [0.3, 0.4) is 0 Å². The van der Waals surface area contributed by atoms with Crippen LogP contribution in [-0.4, -0.2) is 40.6 Å². The Morgan fingerprint density at radius 1 is 1.20 bits per heavy atom. The van der Waals surface area contributed by atoms with Crippen LogP contribution < -0.4 is 5.32 Å². The summed E-state index contributed by atoms with van der Waals surface area (Å²) in [6, 6.07) is 10.1. The average Bonchev–Trinajstić information content (AvgIpc) is 3.72. The number of nitrogens with one attached hydrogen (secondary N) is 1. The molecule has 1 aromatic heterocycles. The number of nitrogens with zero attached hydrogens (tertiary/aromatic N) is 4. The molecule has 2 atom stereocenters. The predicted octanol–water partition coefficient (Wildman–Crippen LogP) is 4.30. The van der Waals surface area contributed by atoms with E-state index in [0.29, 0.717) is 28.8 Å². The van der Waals surface area contributed by atoms with Gasteiger partial charge in [0.05, 0.1) is 18.2 Å². The van der Waals surface area contributed by atoms with Crippen LogP contribution in [-0.2, 0) is 4.79 Å². The Bertz CT molecular complexity index is 922. The molecule has 30 heavy (non-hydrogen) atoms. The lowest BCUT2D eigenvalue weighted by molar-refractivity contribution is -0.130. The molecule has 2 saturated carbocycles.